The topological polar surface area (TPSA) is 44.4 Å². The third-order valence-electron chi connectivity index (χ3n) is 4.07. The monoisotopic (exact) mass is 267 g/mol. The molecule has 1 atom stereocenters. The molecule has 1 saturated heterocycles. The van der Waals surface area contributed by atoms with Crippen LogP contribution in [0, 0.1) is 5.92 Å². The van der Waals surface area contributed by atoms with Gasteiger partial charge in [0.05, 0.1) is 6.54 Å². The third kappa shape index (κ3) is 5.91. The molecule has 2 fully saturated rings. The number of carbonyl (C=O) groups excluding carboxylic acids is 1. The number of nitrogens with zero attached hydrogens (tertiary/aromatic N) is 1. The van der Waals surface area contributed by atoms with Crippen molar-refractivity contribution in [2.24, 2.45) is 5.92 Å². The summed E-state index contributed by atoms with van der Waals surface area (Å²) in [7, 11) is 0. The van der Waals surface area contributed by atoms with E-state index in [1.165, 1.54) is 25.7 Å². The molecule has 0 bridgehead atoms. The van der Waals surface area contributed by atoms with Gasteiger partial charge in [-0.25, -0.2) is 0 Å². The molecule has 0 aromatic rings. The van der Waals surface area contributed by atoms with E-state index in [0.717, 1.165) is 44.9 Å². The normalized spacial score (nSPS) is 22.9. The lowest BCUT2D eigenvalue weighted by atomic mass is 10.2. The van der Waals surface area contributed by atoms with E-state index in [9.17, 15) is 4.79 Å². The first-order valence-corrected chi connectivity index (χ1v) is 8.00. The van der Waals surface area contributed by atoms with E-state index in [2.05, 4.69) is 22.5 Å². The van der Waals surface area contributed by atoms with Crippen LogP contribution in [0.5, 0.6) is 0 Å². The largest absolute Gasteiger partial charge is 0.355 e. The Morgan fingerprint density at radius 3 is 2.79 bits per heavy atom. The summed E-state index contributed by atoms with van der Waals surface area (Å²) in [5.41, 5.74) is 0. The highest BCUT2D eigenvalue weighted by molar-refractivity contribution is 5.77. The molecule has 1 aliphatic heterocycles. The van der Waals surface area contributed by atoms with Gasteiger partial charge in [0.2, 0.25) is 5.91 Å². The zero-order valence-electron chi connectivity index (χ0n) is 12.3. The molecule has 2 rings (SSSR count). The van der Waals surface area contributed by atoms with Gasteiger partial charge in [-0.05, 0) is 44.6 Å². The van der Waals surface area contributed by atoms with E-state index in [1.54, 1.807) is 0 Å². The van der Waals surface area contributed by atoms with Crippen LogP contribution in [0.1, 0.15) is 45.4 Å². The van der Waals surface area contributed by atoms with Crippen molar-refractivity contribution in [2.75, 3.05) is 32.7 Å². The van der Waals surface area contributed by atoms with E-state index < -0.39 is 0 Å². The average Bonchev–Trinajstić information content (AvgIpc) is 3.03. The number of nitrogens with one attached hydrogen (secondary N) is 2. The zero-order valence-corrected chi connectivity index (χ0v) is 12.3. The highest BCUT2D eigenvalue weighted by atomic mass is 16.2. The minimum atomic E-state index is 0.201. The lowest BCUT2D eigenvalue weighted by Crippen LogP contribution is -2.44. The fourth-order valence-electron chi connectivity index (χ4n) is 2.76. The van der Waals surface area contributed by atoms with Crippen LogP contribution in [0.4, 0.5) is 0 Å². The number of carbonyl (C=O) groups is 1. The van der Waals surface area contributed by atoms with Crippen molar-refractivity contribution in [2.45, 2.75) is 51.5 Å². The molecule has 110 valence electrons. The fraction of sp³-hybridized carbons (Fsp3) is 0.933. The van der Waals surface area contributed by atoms with Crippen molar-refractivity contribution in [1.29, 1.82) is 0 Å². The van der Waals surface area contributed by atoms with Gasteiger partial charge < -0.3 is 10.6 Å². The molecule has 2 N–H and O–H groups in total. The molecule has 0 radical (unpaired) electrons. The van der Waals surface area contributed by atoms with Crippen LogP contribution >= 0.6 is 0 Å². The van der Waals surface area contributed by atoms with E-state index in [1.807, 2.05) is 0 Å². The molecule has 1 saturated carbocycles. The first-order chi connectivity index (χ1) is 9.28. The van der Waals surface area contributed by atoms with Crippen molar-refractivity contribution in [1.82, 2.24) is 15.5 Å². The molecule has 0 aromatic heterocycles. The molecule has 1 amide bonds. The summed E-state index contributed by atoms with van der Waals surface area (Å²) in [4.78, 5) is 14.3. The minimum Gasteiger partial charge on any atom is -0.355 e. The number of hydrogen-bond acceptors (Lipinski definition) is 3. The summed E-state index contributed by atoms with van der Waals surface area (Å²) < 4.78 is 0. The van der Waals surface area contributed by atoms with Crippen LogP contribution in [0.3, 0.4) is 0 Å². The van der Waals surface area contributed by atoms with Gasteiger partial charge in [0.1, 0.15) is 0 Å². The summed E-state index contributed by atoms with van der Waals surface area (Å²) in [5, 5.41) is 6.56. The Balaban J connectivity index is 1.70. The molecular weight excluding hydrogens is 238 g/mol. The maximum atomic E-state index is 11.9. The molecule has 2 aliphatic rings. The molecule has 4 heteroatoms. The Morgan fingerprint density at radius 2 is 2.16 bits per heavy atom. The molecule has 1 aliphatic carbocycles. The second kappa shape index (κ2) is 7.85. The van der Waals surface area contributed by atoms with Crippen LogP contribution < -0.4 is 10.6 Å². The van der Waals surface area contributed by atoms with Crippen molar-refractivity contribution < 1.29 is 4.79 Å². The molecular formula is C15H29N3O. The lowest BCUT2D eigenvalue weighted by molar-refractivity contribution is -0.122. The Morgan fingerprint density at radius 1 is 1.32 bits per heavy atom. The third-order valence-corrected chi connectivity index (χ3v) is 4.07. The highest BCUT2D eigenvalue weighted by Crippen LogP contribution is 2.29. The van der Waals surface area contributed by atoms with E-state index in [-0.39, 0.29) is 5.91 Å². The molecule has 1 heterocycles. The minimum absolute atomic E-state index is 0.201. The van der Waals surface area contributed by atoms with Gasteiger partial charge in [0.25, 0.3) is 0 Å². The summed E-state index contributed by atoms with van der Waals surface area (Å²) in [6, 6.07) is 0.599. The molecule has 4 nitrogen and oxygen atoms in total. The average molecular weight is 267 g/mol. The van der Waals surface area contributed by atoms with Gasteiger partial charge in [-0.2, -0.15) is 0 Å². The second-order valence-corrected chi connectivity index (χ2v) is 6.13. The Kier molecular flexibility index (Phi) is 6.11. The predicted molar refractivity (Wildman–Crippen MR) is 78.1 cm³/mol. The fourth-order valence-corrected chi connectivity index (χ4v) is 2.76. The SMILES string of the molecule is CCCCNC(=O)CN(CC1CC1)CC1CCCN1. The quantitative estimate of drug-likeness (QED) is 0.620. The summed E-state index contributed by atoms with van der Waals surface area (Å²) >= 11 is 0. The smallest absolute Gasteiger partial charge is 0.234 e. The molecule has 0 spiro atoms. The highest BCUT2D eigenvalue weighted by Gasteiger charge is 2.27. The van der Waals surface area contributed by atoms with Crippen LogP contribution in [0.25, 0.3) is 0 Å². The van der Waals surface area contributed by atoms with Crippen molar-refractivity contribution in [3.05, 3.63) is 0 Å². The summed E-state index contributed by atoms with van der Waals surface area (Å²) in [6.45, 7) is 6.85. The number of hydrogen-bond donors (Lipinski definition) is 2. The molecule has 0 aromatic carbocycles. The maximum Gasteiger partial charge on any atom is 0.234 e. The Bertz CT molecular complexity index is 273. The van der Waals surface area contributed by atoms with Crippen LogP contribution in [-0.2, 0) is 4.79 Å². The van der Waals surface area contributed by atoms with Gasteiger partial charge in [0, 0.05) is 25.7 Å². The van der Waals surface area contributed by atoms with Crippen molar-refractivity contribution >= 4 is 5.91 Å². The van der Waals surface area contributed by atoms with Crippen molar-refractivity contribution in [3.63, 3.8) is 0 Å². The van der Waals surface area contributed by atoms with Gasteiger partial charge in [-0.3, -0.25) is 9.69 Å². The zero-order chi connectivity index (χ0) is 13.5. The van der Waals surface area contributed by atoms with Gasteiger partial charge >= 0.3 is 0 Å². The predicted octanol–water partition coefficient (Wildman–Crippen LogP) is 1.37. The van der Waals surface area contributed by atoms with Crippen molar-refractivity contribution in [3.8, 4) is 0 Å². The van der Waals surface area contributed by atoms with Crippen LogP contribution in [0.15, 0.2) is 0 Å². The Hall–Kier alpha value is -0.610. The summed E-state index contributed by atoms with van der Waals surface area (Å²) in [5.74, 6) is 1.05. The number of amides is 1. The van der Waals surface area contributed by atoms with E-state index in [0.29, 0.717) is 12.6 Å². The van der Waals surface area contributed by atoms with Crippen LogP contribution in [0.2, 0.25) is 0 Å². The van der Waals surface area contributed by atoms with E-state index >= 15 is 0 Å². The maximum absolute atomic E-state index is 11.9. The Labute approximate surface area is 117 Å². The molecule has 19 heavy (non-hydrogen) atoms. The standard InChI is InChI=1S/C15H29N3O/c1-2-3-8-17-15(19)12-18(10-13-6-7-13)11-14-5-4-9-16-14/h13-14,16H,2-12H2,1H3,(H,17,19). The second-order valence-electron chi connectivity index (χ2n) is 6.13. The number of rotatable bonds is 9. The molecule has 1 unspecified atom stereocenters. The van der Waals surface area contributed by atoms with Gasteiger partial charge in [-0.15, -0.1) is 0 Å². The number of unbranched alkanes of at least 4 members (excludes halogenated alkanes) is 1. The first kappa shape index (κ1) is 14.8. The van der Waals surface area contributed by atoms with E-state index in [4.69, 9.17) is 0 Å². The van der Waals surface area contributed by atoms with Gasteiger partial charge in [-0.1, -0.05) is 13.3 Å². The van der Waals surface area contributed by atoms with Crippen LogP contribution in [-0.4, -0.2) is 49.6 Å². The summed E-state index contributed by atoms with van der Waals surface area (Å²) in [6.07, 6.45) is 7.47. The van der Waals surface area contributed by atoms with Gasteiger partial charge in [0.15, 0.2) is 0 Å². The lowest BCUT2D eigenvalue weighted by Gasteiger charge is -2.25. The first-order valence-electron chi connectivity index (χ1n) is 8.00.